The Hall–Kier alpha value is -1.81. The van der Waals surface area contributed by atoms with Crippen molar-refractivity contribution in [3.63, 3.8) is 0 Å². The second kappa shape index (κ2) is 6.97. The highest BCUT2D eigenvalue weighted by molar-refractivity contribution is 5.92. The van der Waals surface area contributed by atoms with Crippen molar-refractivity contribution < 1.29 is 9.69 Å². The summed E-state index contributed by atoms with van der Waals surface area (Å²) >= 11 is 0. The summed E-state index contributed by atoms with van der Waals surface area (Å²) < 4.78 is 0. The highest BCUT2D eigenvalue weighted by Gasteiger charge is 2.19. The number of quaternary nitrogens is 1. The largest absolute Gasteiger partial charge is 0.360 e. The standard InChI is InChI=1S/C18H25N3O/c1-20-11-13-21(14-12-20)17-9-7-16(8-10-17)19-18(22)15-5-3-2-4-6-15/h2-3,7-10,15H,4-6,11-14H2,1H3,(H,19,22)/p+1/t15-/m1/s1. The number of piperazine rings is 1. The van der Waals surface area contributed by atoms with E-state index in [-0.39, 0.29) is 11.8 Å². The molecule has 1 amide bonds. The van der Waals surface area contributed by atoms with Gasteiger partial charge in [0.25, 0.3) is 0 Å². The molecule has 0 spiro atoms. The van der Waals surface area contributed by atoms with Crippen LogP contribution in [-0.4, -0.2) is 39.1 Å². The highest BCUT2D eigenvalue weighted by atomic mass is 16.1. The van der Waals surface area contributed by atoms with Crippen molar-refractivity contribution in [1.82, 2.24) is 0 Å². The first kappa shape index (κ1) is 15.1. The van der Waals surface area contributed by atoms with Crippen molar-refractivity contribution >= 4 is 17.3 Å². The SMILES string of the molecule is C[NH+]1CCN(c2ccc(NC(=O)[C@@H]3CC=CCC3)cc2)CC1. The van der Waals surface area contributed by atoms with Crippen LogP contribution in [-0.2, 0) is 4.79 Å². The number of nitrogens with zero attached hydrogens (tertiary/aromatic N) is 1. The van der Waals surface area contributed by atoms with Crippen molar-refractivity contribution in [3.8, 4) is 0 Å². The molecule has 0 saturated carbocycles. The molecule has 3 rings (SSSR count). The summed E-state index contributed by atoms with van der Waals surface area (Å²) in [6.45, 7) is 4.58. The number of anilines is 2. The van der Waals surface area contributed by atoms with Gasteiger partial charge in [-0.3, -0.25) is 4.79 Å². The van der Waals surface area contributed by atoms with Crippen molar-refractivity contribution in [1.29, 1.82) is 0 Å². The van der Waals surface area contributed by atoms with Crippen LogP contribution in [0, 0.1) is 5.92 Å². The van der Waals surface area contributed by atoms with Crippen LogP contribution in [0.1, 0.15) is 19.3 Å². The molecule has 118 valence electrons. The molecule has 1 aromatic carbocycles. The third-order valence-corrected chi connectivity index (χ3v) is 4.76. The number of hydrogen-bond donors (Lipinski definition) is 2. The van der Waals surface area contributed by atoms with E-state index in [0.717, 1.165) is 38.0 Å². The fourth-order valence-electron chi connectivity index (χ4n) is 3.18. The predicted octanol–water partition coefficient (Wildman–Crippen LogP) is 1.32. The molecule has 2 N–H and O–H groups in total. The molecule has 1 atom stereocenters. The van der Waals surface area contributed by atoms with Gasteiger partial charge in [0, 0.05) is 17.3 Å². The van der Waals surface area contributed by atoms with Crippen LogP contribution in [0.4, 0.5) is 11.4 Å². The van der Waals surface area contributed by atoms with E-state index in [1.165, 1.54) is 18.8 Å². The Bertz CT molecular complexity index is 530. The Morgan fingerprint density at radius 2 is 1.91 bits per heavy atom. The smallest absolute Gasteiger partial charge is 0.227 e. The van der Waals surface area contributed by atoms with E-state index in [0.29, 0.717) is 0 Å². The monoisotopic (exact) mass is 300 g/mol. The van der Waals surface area contributed by atoms with E-state index in [2.05, 4.69) is 41.5 Å². The normalized spacial score (nSPS) is 22.6. The van der Waals surface area contributed by atoms with Gasteiger partial charge in [-0.25, -0.2) is 0 Å². The van der Waals surface area contributed by atoms with Gasteiger partial charge in [0.05, 0.1) is 33.2 Å². The lowest BCUT2D eigenvalue weighted by molar-refractivity contribution is -0.880. The third-order valence-electron chi connectivity index (χ3n) is 4.76. The minimum Gasteiger partial charge on any atom is -0.360 e. The van der Waals surface area contributed by atoms with Crippen molar-refractivity contribution in [2.75, 3.05) is 43.4 Å². The molecule has 1 aromatic rings. The minimum absolute atomic E-state index is 0.130. The summed E-state index contributed by atoms with van der Waals surface area (Å²) in [5.41, 5.74) is 2.16. The van der Waals surface area contributed by atoms with Gasteiger partial charge in [-0.05, 0) is 43.5 Å². The van der Waals surface area contributed by atoms with Crippen molar-refractivity contribution in [2.24, 2.45) is 5.92 Å². The lowest BCUT2D eigenvalue weighted by atomic mass is 9.93. The molecule has 0 radical (unpaired) electrons. The Morgan fingerprint density at radius 3 is 2.55 bits per heavy atom. The molecule has 1 aliphatic heterocycles. The first-order chi connectivity index (χ1) is 10.7. The van der Waals surface area contributed by atoms with Crippen molar-refractivity contribution in [2.45, 2.75) is 19.3 Å². The van der Waals surface area contributed by atoms with Crippen LogP contribution in [0.3, 0.4) is 0 Å². The van der Waals surface area contributed by atoms with Gasteiger partial charge in [0.15, 0.2) is 0 Å². The molecular formula is C18H26N3O+. The zero-order valence-corrected chi connectivity index (χ0v) is 13.3. The van der Waals surface area contributed by atoms with E-state index in [1.54, 1.807) is 4.90 Å². The van der Waals surface area contributed by atoms with E-state index in [9.17, 15) is 4.79 Å². The Morgan fingerprint density at radius 1 is 1.18 bits per heavy atom. The molecule has 4 nitrogen and oxygen atoms in total. The molecule has 4 heteroatoms. The minimum atomic E-state index is 0.130. The number of allylic oxidation sites excluding steroid dienone is 2. The zero-order chi connectivity index (χ0) is 15.4. The average molecular weight is 300 g/mol. The van der Waals surface area contributed by atoms with Gasteiger partial charge >= 0.3 is 0 Å². The zero-order valence-electron chi connectivity index (χ0n) is 13.3. The summed E-state index contributed by atoms with van der Waals surface area (Å²) in [6, 6.07) is 8.29. The molecule has 0 unspecified atom stereocenters. The lowest BCUT2D eigenvalue weighted by Gasteiger charge is -2.31. The van der Waals surface area contributed by atoms with Crippen LogP contribution in [0.25, 0.3) is 0 Å². The third kappa shape index (κ3) is 3.69. The average Bonchev–Trinajstić information content (AvgIpc) is 2.57. The second-order valence-electron chi connectivity index (χ2n) is 6.46. The number of carbonyl (C=O) groups excluding carboxylic acids is 1. The maximum Gasteiger partial charge on any atom is 0.227 e. The number of amides is 1. The number of nitrogens with one attached hydrogen (secondary N) is 2. The van der Waals surface area contributed by atoms with Crippen LogP contribution < -0.4 is 15.1 Å². The molecule has 1 saturated heterocycles. The molecule has 2 aliphatic rings. The molecular weight excluding hydrogens is 274 g/mol. The fourth-order valence-corrected chi connectivity index (χ4v) is 3.18. The van der Waals surface area contributed by atoms with Crippen LogP contribution in [0.5, 0.6) is 0 Å². The highest BCUT2D eigenvalue weighted by Crippen LogP contribution is 2.22. The maximum atomic E-state index is 12.2. The molecule has 1 heterocycles. The van der Waals surface area contributed by atoms with E-state index in [4.69, 9.17) is 0 Å². The number of rotatable bonds is 3. The topological polar surface area (TPSA) is 36.8 Å². The predicted molar refractivity (Wildman–Crippen MR) is 90.4 cm³/mol. The molecule has 0 aromatic heterocycles. The summed E-state index contributed by atoms with van der Waals surface area (Å²) in [5, 5.41) is 3.05. The first-order valence-electron chi connectivity index (χ1n) is 8.34. The van der Waals surface area contributed by atoms with Gasteiger partial charge in [-0.15, -0.1) is 0 Å². The Kier molecular flexibility index (Phi) is 4.78. The van der Waals surface area contributed by atoms with Crippen LogP contribution in [0.2, 0.25) is 0 Å². The van der Waals surface area contributed by atoms with Crippen molar-refractivity contribution in [3.05, 3.63) is 36.4 Å². The number of benzene rings is 1. The number of hydrogen-bond acceptors (Lipinski definition) is 2. The summed E-state index contributed by atoms with van der Waals surface area (Å²) in [4.78, 5) is 16.3. The Labute approximate surface area is 132 Å². The lowest BCUT2D eigenvalue weighted by Crippen LogP contribution is -3.12. The van der Waals surface area contributed by atoms with Gasteiger partial charge in [-0.1, -0.05) is 12.2 Å². The fraction of sp³-hybridized carbons (Fsp3) is 0.500. The summed E-state index contributed by atoms with van der Waals surface area (Å²) in [5.74, 6) is 0.283. The molecule has 1 fully saturated rings. The quantitative estimate of drug-likeness (QED) is 0.826. The van der Waals surface area contributed by atoms with Gasteiger partial charge < -0.3 is 15.1 Å². The Balaban J connectivity index is 1.57. The number of carbonyl (C=O) groups is 1. The first-order valence-corrected chi connectivity index (χ1v) is 8.34. The van der Waals surface area contributed by atoms with E-state index >= 15 is 0 Å². The van der Waals surface area contributed by atoms with Gasteiger partial charge in [0.2, 0.25) is 5.91 Å². The molecule has 0 bridgehead atoms. The summed E-state index contributed by atoms with van der Waals surface area (Å²) in [6.07, 6.45) is 7.13. The van der Waals surface area contributed by atoms with E-state index in [1.807, 2.05) is 12.1 Å². The van der Waals surface area contributed by atoms with Gasteiger partial charge in [0.1, 0.15) is 0 Å². The number of likely N-dealkylation sites (N-methyl/N-ethyl adjacent to an activating group) is 1. The maximum absolute atomic E-state index is 12.2. The van der Waals surface area contributed by atoms with Crippen LogP contribution >= 0.6 is 0 Å². The van der Waals surface area contributed by atoms with Gasteiger partial charge in [-0.2, -0.15) is 0 Å². The second-order valence-corrected chi connectivity index (χ2v) is 6.46. The summed E-state index contributed by atoms with van der Waals surface area (Å²) in [7, 11) is 2.25. The molecule has 22 heavy (non-hydrogen) atoms. The van der Waals surface area contributed by atoms with E-state index < -0.39 is 0 Å². The molecule has 1 aliphatic carbocycles. The van der Waals surface area contributed by atoms with Crippen LogP contribution in [0.15, 0.2) is 36.4 Å².